The van der Waals surface area contributed by atoms with E-state index in [0.717, 1.165) is 11.1 Å². The molecule has 0 spiro atoms. The molecule has 1 aliphatic rings. The van der Waals surface area contributed by atoms with Crippen molar-refractivity contribution in [2.45, 2.75) is 0 Å². The molecule has 4 rings (SSSR count). The van der Waals surface area contributed by atoms with Crippen molar-refractivity contribution in [1.82, 2.24) is 0 Å². The Kier molecular flexibility index (Phi) is 5.39. The normalized spacial score (nSPS) is 14.2. The van der Waals surface area contributed by atoms with Crippen molar-refractivity contribution in [3.63, 3.8) is 0 Å². The Hall–Kier alpha value is -4.19. The van der Waals surface area contributed by atoms with Gasteiger partial charge in [-0.15, -0.1) is 0 Å². The minimum Gasteiger partial charge on any atom is -0.497 e. The lowest BCUT2D eigenvalue weighted by Crippen LogP contribution is -2.08. The molecule has 0 N–H and O–H groups in total. The summed E-state index contributed by atoms with van der Waals surface area (Å²) < 4.78 is 15.7. The van der Waals surface area contributed by atoms with E-state index in [-0.39, 0.29) is 11.6 Å². The third-order valence-electron chi connectivity index (χ3n) is 4.36. The quantitative estimate of drug-likeness (QED) is 0.364. The number of cyclic esters (lactones) is 1. The predicted octanol–water partition coefficient (Wildman–Crippen LogP) is 4.26. The lowest BCUT2D eigenvalue weighted by Gasteiger charge is -2.05. The Labute approximate surface area is 173 Å². The molecule has 0 radical (unpaired) electrons. The smallest absolute Gasteiger partial charge is 0.363 e. The molecule has 0 bridgehead atoms. The highest BCUT2D eigenvalue weighted by Gasteiger charge is 2.23. The number of benzene rings is 3. The molecule has 0 saturated heterocycles. The summed E-state index contributed by atoms with van der Waals surface area (Å²) in [5, 5.41) is 0. The molecule has 0 unspecified atom stereocenters. The number of rotatable bonds is 5. The number of esters is 2. The first-order valence-corrected chi connectivity index (χ1v) is 9.17. The first-order chi connectivity index (χ1) is 14.6. The third kappa shape index (κ3) is 4.28. The van der Waals surface area contributed by atoms with Gasteiger partial charge in [0.25, 0.3) is 0 Å². The average Bonchev–Trinajstić information content (AvgIpc) is 3.16. The van der Waals surface area contributed by atoms with Crippen LogP contribution in [0, 0.1) is 0 Å². The molecular formula is C24H17NO5. The van der Waals surface area contributed by atoms with E-state index in [1.54, 1.807) is 61.7 Å². The van der Waals surface area contributed by atoms with E-state index < -0.39 is 11.9 Å². The van der Waals surface area contributed by atoms with E-state index in [1.807, 2.05) is 30.3 Å². The molecule has 0 aromatic heterocycles. The van der Waals surface area contributed by atoms with Crippen molar-refractivity contribution in [3.8, 4) is 11.5 Å². The van der Waals surface area contributed by atoms with Gasteiger partial charge in [-0.3, -0.25) is 0 Å². The lowest BCUT2D eigenvalue weighted by molar-refractivity contribution is -0.129. The Morgan fingerprint density at radius 3 is 2.23 bits per heavy atom. The van der Waals surface area contributed by atoms with E-state index in [9.17, 15) is 9.59 Å². The highest BCUT2D eigenvalue weighted by atomic mass is 16.6. The zero-order valence-electron chi connectivity index (χ0n) is 16.1. The molecule has 3 aromatic rings. The minimum atomic E-state index is -0.510. The number of aliphatic imine (C=N–C) groups is 1. The van der Waals surface area contributed by atoms with Gasteiger partial charge in [-0.05, 0) is 60.2 Å². The van der Waals surface area contributed by atoms with E-state index >= 15 is 0 Å². The molecule has 6 heteroatoms. The number of carbonyl (C=O) groups excluding carboxylic acids is 2. The Balaban J connectivity index is 1.46. The molecule has 1 heterocycles. The van der Waals surface area contributed by atoms with Crippen LogP contribution in [0.5, 0.6) is 11.5 Å². The minimum absolute atomic E-state index is 0.205. The van der Waals surface area contributed by atoms with Crippen LogP contribution in [-0.2, 0) is 9.53 Å². The third-order valence-corrected chi connectivity index (χ3v) is 4.36. The van der Waals surface area contributed by atoms with Crippen molar-refractivity contribution in [2.75, 3.05) is 7.11 Å². The SMILES string of the molecule is COc1ccc(C(=O)Oc2ccc(/C=C3\N=C(c4ccccc4)OC3=O)cc2)cc1. The van der Waals surface area contributed by atoms with Gasteiger partial charge < -0.3 is 14.2 Å². The van der Waals surface area contributed by atoms with Crippen molar-refractivity contribution in [2.24, 2.45) is 4.99 Å². The fourth-order valence-corrected chi connectivity index (χ4v) is 2.80. The molecule has 6 nitrogen and oxygen atoms in total. The molecule has 0 aliphatic carbocycles. The monoisotopic (exact) mass is 399 g/mol. The Morgan fingerprint density at radius 1 is 0.900 bits per heavy atom. The maximum atomic E-state index is 12.2. The fraction of sp³-hybridized carbons (Fsp3) is 0.0417. The second kappa shape index (κ2) is 8.45. The van der Waals surface area contributed by atoms with Crippen LogP contribution >= 0.6 is 0 Å². The van der Waals surface area contributed by atoms with Gasteiger partial charge in [0.1, 0.15) is 11.5 Å². The number of carbonyl (C=O) groups is 2. The lowest BCUT2D eigenvalue weighted by atomic mass is 10.2. The van der Waals surface area contributed by atoms with Gasteiger partial charge in [-0.2, -0.15) is 0 Å². The standard InChI is InChI=1S/C24H17NO5/c1-28-19-13-9-18(10-14-19)23(26)29-20-11-7-16(8-12-20)15-21-24(27)30-22(25-21)17-5-3-2-4-6-17/h2-15H,1H3/b21-15-. The molecule has 0 atom stereocenters. The zero-order chi connectivity index (χ0) is 20.9. The number of hydrogen-bond donors (Lipinski definition) is 0. The van der Waals surface area contributed by atoms with Crippen molar-refractivity contribution in [3.05, 3.63) is 101 Å². The Bertz CT molecular complexity index is 1130. The molecule has 0 saturated carbocycles. The van der Waals surface area contributed by atoms with E-state index in [2.05, 4.69) is 4.99 Å². The van der Waals surface area contributed by atoms with Crippen molar-refractivity contribution >= 4 is 23.9 Å². The second-order valence-corrected chi connectivity index (χ2v) is 6.39. The molecule has 1 aliphatic heterocycles. The molecule has 3 aromatic carbocycles. The van der Waals surface area contributed by atoms with Crippen molar-refractivity contribution < 1.29 is 23.8 Å². The average molecular weight is 399 g/mol. The molecule has 148 valence electrons. The molecular weight excluding hydrogens is 382 g/mol. The van der Waals surface area contributed by atoms with Gasteiger partial charge in [0.05, 0.1) is 12.7 Å². The topological polar surface area (TPSA) is 74.2 Å². The maximum absolute atomic E-state index is 12.2. The summed E-state index contributed by atoms with van der Waals surface area (Å²) in [7, 11) is 1.56. The van der Waals surface area contributed by atoms with Crippen LogP contribution in [-0.4, -0.2) is 24.9 Å². The molecule has 0 fully saturated rings. The number of nitrogens with zero attached hydrogens (tertiary/aromatic N) is 1. The van der Waals surface area contributed by atoms with Crippen molar-refractivity contribution in [1.29, 1.82) is 0 Å². The van der Waals surface area contributed by atoms with E-state index in [1.165, 1.54) is 0 Å². The Morgan fingerprint density at radius 2 is 1.57 bits per heavy atom. The summed E-state index contributed by atoms with van der Waals surface area (Å²) in [6, 6.07) is 22.6. The van der Waals surface area contributed by atoms with Gasteiger partial charge in [0.2, 0.25) is 5.90 Å². The first-order valence-electron chi connectivity index (χ1n) is 9.17. The summed E-state index contributed by atoms with van der Waals surface area (Å²) in [6.45, 7) is 0. The molecule has 0 amide bonds. The summed E-state index contributed by atoms with van der Waals surface area (Å²) >= 11 is 0. The fourth-order valence-electron chi connectivity index (χ4n) is 2.80. The van der Waals surface area contributed by atoms with Crippen LogP contribution in [0.2, 0.25) is 0 Å². The van der Waals surface area contributed by atoms with Crippen LogP contribution in [0.1, 0.15) is 21.5 Å². The van der Waals surface area contributed by atoms with Crippen LogP contribution in [0.15, 0.2) is 89.6 Å². The number of ether oxygens (including phenoxy) is 3. The van der Waals surface area contributed by atoms with Gasteiger partial charge in [0.15, 0.2) is 5.70 Å². The summed E-state index contributed by atoms with van der Waals surface area (Å²) in [6.07, 6.45) is 1.62. The van der Waals surface area contributed by atoms with Gasteiger partial charge in [-0.25, -0.2) is 14.6 Å². The molecule has 30 heavy (non-hydrogen) atoms. The summed E-state index contributed by atoms with van der Waals surface area (Å²) in [5.74, 6) is 0.342. The highest BCUT2D eigenvalue weighted by Crippen LogP contribution is 2.21. The maximum Gasteiger partial charge on any atom is 0.363 e. The van der Waals surface area contributed by atoms with Crippen LogP contribution < -0.4 is 9.47 Å². The first kappa shape index (κ1) is 19.1. The second-order valence-electron chi connectivity index (χ2n) is 6.39. The summed E-state index contributed by atoms with van der Waals surface area (Å²) in [5.41, 5.74) is 2.08. The summed E-state index contributed by atoms with van der Waals surface area (Å²) in [4.78, 5) is 28.6. The predicted molar refractivity (Wildman–Crippen MR) is 111 cm³/mol. The van der Waals surface area contributed by atoms with Crippen LogP contribution in [0.3, 0.4) is 0 Å². The number of methoxy groups -OCH3 is 1. The van der Waals surface area contributed by atoms with Crippen LogP contribution in [0.25, 0.3) is 6.08 Å². The van der Waals surface area contributed by atoms with Crippen LogP contribution in [0.4, 0.5) is 0 Å². The largest absolute Gasteiger partial charge is 0.497 e. The number of hydrogen-bond acceptors (Lipinski definition) is 6. The van der Waals surface area contributed by atoms with Gasteiger partial charge >= 0.3 is 11.9 Å². The zero-order valence-corrected chi connectivity index (χ0v) is 16.1. The van der Waals surface area contributed by atoms with E-state index in [0.29, 0.717) is 17.1 Å². The van der Waals surface area contributed by atoms with Gasteiger partial charge in [0, 0.05) is 5.56 Å². The highest BCUT2D eigenvalue weighted by molar-refractivity contribution is 6.12. The van der Waals surface area contributed by atoms with E-state index in [4.69, 9.17) is 14.2 Å². The van der Waals surface area contributed by atoms with Gasteiger partial charge in [-0.1, -0.05) is 30.3 Å².